The number of nitrogens with zero attached hydrogens (tertiary/aromatic N) is 1. The topological polar surface area (TPSA) is 24.9 Å². The highest BCUT2D eigenvalue weighted by atomic mass is 32.1. The summed E-state index contributed by atoms with van der Waals surface area (Å²) in [5.41, 5.74) is 2.08. The van der Waals surface area contributed by atoms with E-state index in [1.54, 1.807) is 23.5 Å². The van der Waals surface area contributed by atoms with Gasteiger partial charge in [-0.25, -0.2) is 9.37 Å². The van der Waals surface area contributed by atoms with Crippen LogP contribution in [0.25, 0.3) is 0 Å². The summed E-state index contributed by atoms with van der Waals surface area (Å²) in [7, 11) is 0. The summed E-state index contributed by atoms with van der Waals surface area (Å²) >= 11 is 1.73. The molecule has 1 aliphatic rings. The van der Waals surface area contributed by atoms with Crippen LogP contribution >= 0.6 is 11.3 Å². The first-order valence-electron chi connectivity index (χ1n) is 6.64. The molecule has 0 bridgehead atoms. The van der Waals surface area contributed by atoms with Crippen molar-refractivity contribution < 1.29 is 4.39 Å². The van der Waals surface area contributed by atoms with Crippen molar-refractivity contribution in [1.29, 1.82) is 0 Å². The number of aryl methyl sites for hydroxylation is 1. The summed E-state index contributed by atoms with van der Waals surface area (Å²) < 4.78 is 13.1. The van der Waals surface area contributed by atoms with Crippen LogP contribution in [0.15, 0.2) is 24.3 Å². The molecule has 0 amide bonds. The van der Waals surface area contributed by atoms with Crippen LogP contribution in [0.5, 0.6) is 0 Å². The number of nitrogens with one attached hydrogen (secondary N) is 1. The lowest BCUT2D eigenvalue weighted by Crippen LogP contribution is -2.14. The lowest BCUT2D eigenvalue weighted by Gasteiger charge is -1.99. The Hall–Kier alpha value is -1.26. The van der Waals surface area contributed by atoms with Crippen molar-refractivity contribution in [2.45, 2.75) is 38.8 Å². The SMILES string of the molecule is Cc1nc(Cc2cccc(F)c2)sc1CNC1CC1. The van der Waals surface area contributed by atoms with Crippen molar-refractivity contribution in [3.8, 4) is 0 Å². The molecule has 3 rings (SSSR count). The third-order valence-corrected chi connectivity index (χ3v) is 4.47. The normalized spacial score (nSPS) is 14.8. The Labute approximate surface area is 116 Å². The van der Waals surface area contributed by atoms with E-state index in [2.05, 4.69) is 17.2 Å². The smallest absolute Gasteiger partial charge is 0.123 e. The van der Waals surface area contributed by atoms with Crippen LogP contribution in [0, 0.1) is 12.7 Å². The van der Waals surface area contributed by atoms with E-state index in [4.69, 9.17) is 0 Å². The molecule has 1 N–H and O–H groups in total. The maximum Gasteiger partial charge on any atom is 0.123 e. The molecule has 2 nitrogen and oxygen atoms in total. The second kappa shape index (κ2) is 5.39. The Kier molecular flexibility index (Phi) is 3.62. The number of hydrogen-bond acceptors (Lipinski definition) is 3. The fourth-order valence-electron chi connectivity index (χ4n) is 2.07. The molecule has 0 radical (unpaired) electrons. The Balaban J connectivity index is 1.68. The molecule has 0 aliphatic heterocycles. The number of thiazole rings is 1. The minimum Gasteiger partial charge on any atom is -0.309 e. The van der Waals surface area contributed by atoms with E-state index in [-0.39, 0.29) is 5.82 Å². The molecular weight excluding hydrogens is 259 g/mol. The highest BCUT2D eigenvalue weighted by Crippen LogP contribution is 2.24. The lowest BCUT2D eigenvalue weighted by molar-refractivity contribution is 0.626. The van der Waals surface area contributed by atoms with E-state index < -0.39 is 0 Å². The van der Waals surface area contributed by atoms with Gasteiger partial charge in [-0.2, -0.15) is 0 Å². The second-order valence-electron chi connectivity index (χ2n) is 5.08. The fraction of sp³-hybridized carbons (Fsp3) is 0.400. The van der Waals surface area contributed by atoms with E-state index in [1.165, 1.54) is 23.8 Å². The van der Waals surface area contributed by atoms with Crippen LogP contribution in [0.2, 0.25) is 0 Å². The Morgan fingerprint density at radius 1 is 1.42 bits per heavy atom. The third-order valence-electron chi connectivity index (χ3n) is 3.31. The van der Waals surface area contributed by atoms with Gasteiger partial charge in [-0.05, 0) is 37.5 Å². The number of halogens is 1. The van der Waals surface area contributed by atoms with Gasteiger partial charge in [0.2, 0.25) is 0 Å². The molecule has 4 heteroatoms. The van der Waals surface area contributed by atoms with E-state index in [0.717, 1.165) is 22.8 Å². The van der Waals surface area contributed by atoms with Gasteiger partial charge in [0.15, 0.2) is 0 Å². The predicted octanol–water partition coefficient (Wildman–Crippen LogP) is 3.43. The van der Waals surface area contributed by atoms with Crippen molar-refractivity contribution in [1.82, 2.24) is 10.3 Å². The highest BCUT2D eigenvalue weighted by molar-refractivity contribution is 7.11. The van der Waals surface area contributed by atoms with Gasteiger partial charge in [-0.15, -0.1) is 11.3 Å². The summed E-state index contributed by atoms with van der Waals surface area (Å²) in [6.45, 7) is 2.97. The fourth-order valence-corrected chi connectivity index (χ4v) is 3.13. The summed E-state index contributed by atoms with van der Waals surface area (Å²) in [4.78, 5) is 5.89. The maximum absolute atomic E-state index is 13.1. The molecule has 0 atom stereocenters. The molecule has 1 aromatic carbocycles. The maximum atomic E-state index is 13.1. The molecule has 0 unspecified atom stereocenters. The van der Waals surface area contributed by atoms with Gasteiger partial charge in [-0.1, -0.05) is 12.1 Å². The minimum atomic E-state index is -0.179. The largest absolute Gasteiger partial charge is 0.309 e. The molecule has 1 fully saturated rings. The minimum absolute atomic E-state index is 0.179. The Morgan fingerprint density at radius 3 is 3.00 bits per heavy atom. The van der Waals surface area contributed by atoms with Gasteiger partial charge in [0, 0.05) is 23.9 Å². The Bertz CT molecular complexity index is 575. The molecular formula is C15H17FN2S. The molecule has 19 heavy (non-hydrogen) atoms. The van der Waals surface area contributed by atoms with E-state index in [9.17, 15) is 4.39 Å². The zero-order valence-corrected chi connectivity index (χ0v) is 11.8. The molecule has 1 aliphatic carbocycles. The Morgan fingerprint density at radius 2 is 2.26 bits per heavy atom. The molecule has 100 valence electrons. The van der Waals surface area contributed by atoms with Crippen molar-refractivity contribution in [3.63, 3.8) is 0 Å². The zero-order valence-electron chi connectivity index (χ0n) is 10.9. The number of benzene rings is 1. The van der Waals surface area contributed by atoms with E-state index in [0.29, 0.717) is 12.5 Å². The van der Waals surface area contributed by atoms with Crippen LogP contribution in [-0.4, -0.2) is 11.0 Å². The number of aromatic nitrogens is 1. The molecule has 1 aromatic heterocycles. The lowest BCUT2D eigenvalue weighted by atomic mass is 10.1. The van der Waals surface area contributed by atoms with Crippen LogP contribution < -0.4 is 5.32 Å². The van der Waals surface area contributed by atoms with Crippen molar-refractivity contribution >= 4 is 11.3 Å². The molecule has 0 spiro atoms. The zero-order chi connectivity index (χ0) is 13.2. The van der Waals surface area contributed by atoms with E-state index >= 15 is 0 Å². The standard InChI is InChI=1S/C15H17FN2S/c1-10-14(9-17-13-5-6-13)19-15(18-10)8-11-3-2-4-12(16)7-11/h2-4,7,13,17H,5-6,8-9H2,1H3. The monoisotopic (exact) mass is 276 g/mol. The van der Waals surface area contributed by atoms with Crippen LogP contribution in [0.3, 0.4) is 0 Å². The summed E-state index contributed by atoms with van der Waals surface area (Å²) in [6.07, 6.45) is 3.31. The molecule has 0 saturated heterocycles. The summed E-state index contributed by atoms with van der Waals surface area (Å²) in [5.74, 6) is -0.179. The highest BCUT2D eigenvalue weighted by Gasteiger charge is 2.21. The molecule has 1 heterocycles. The summed E-state index contributed by atoms with van der Waals surface area (Å²) in [5, 5.41) is 4.58. The van der Waals surface area contributed by atoms with Crippen LogP contribution in [-0.2, 0) is 13.0 Å². The summed E-state index contributed by atoms with van der Waals surface area (Å²) in [6, 6.07) is 7.47. The van der Waals surface area contributed by atoms with Gasteiger partial charge in [0.25, 0.3) is 0 Å². The first kappa shape index (κ1) is 12.8. The van der Waals surface area contributed by atoms with Crippen molar-refractivity contribution in [3.05, 3.63) is 51.2 Å². The predicted molar refractivity (Wildman–Crippen MR) is 75.9 cm³/mol. The molecule has 2 aromatic rings. The molecule has 1 saturated carbocycles. The average Bonchev–Trinajstić information content (AvgIpc) is 3.12. The average molecular weight is 276 g/mol. The third kappa shape index (κ3) is 3.39. The quantitative estimate of drug-likeness (QED) is 0.905. The first-order valence-corrected chi connectivity index (χ1v) is 7.45. The van der Waals surface area contributed by atoms with Gasteiger partial charge >= 0.3 is 0 Å². The van der Waals surface area contributed by atoms with Crippen LogP contribution in [0.4, 0.5) is 4.39 Å². The second-order valence-corrected chi connectivity index (χ2v) is 6.25. The van der Waals surface area contributed by atoms with Gasteiger partial charge in [0.1, 0.15) is 5.82 Å². The van der Waals surface area contributed by atoms with E-state index in [1.807, 2.05) is 6.07 Å². The number of hydrogen-bond donors (Lipinski definition) is 1. The number of rotatable bonds is 5. The van der Waals surface area contributed by atoms with Gasteiger partial charge in [0.05, 0.1) is 10.7 Å². The first-order chi connectivity index (χ1) is 9.20. The van der Waals surface area contributed by atoms with Gasteiger partial charge in [-0.3, -0.25) is 0 Å². The van der Waals surface area contributed by atoms with Crippen molar-refractivity contribution in [2.75, 3.05) is 0 Å². The van der Waals surface area contributed by atoms with Crippen molar-refractivity contribution in [2.24, 2.45) is 0 Å². The van der Waals surface area contributed by atoms with Gasteiger partial charge < -0.3 is 5.32 Å². The van der Waals surface area contributed by atoms with Crippen LogP contribution in [0.1, 0.15) is 34.0 Å².